The fourth-order valence-corrected chi connectivity index (χ4v) is 2.61. The van der Waals surface area contributed by atoms with Crippen molar-refractivity contribution in [2.24, 2.45) is 0 Å². The number of nitrogens with one attached hydrogen (secondary N) is 1. The van der Waals surface area contributed by atoms with Crippen LogP contribution in [-0.4, -0.2) is 33.3 Å². The Bertz CT molecular complexity index is 519. The Morgan fingerprint density at radius 3 is 2.70 bits per heavy atom. The van der Waals surface area contributed by atoms with Gasteiger partial charge in [-0.05, 0) is 24.1 Å². The number of aliphatic hydroxyl groups excluding tert-OH is 1. The molecule has 1 aromatic rings. The van der Waals surface area contributed by atoms with Crippen molar-refractivity contribution in [3.63, 3.8) is 0 Å². The topological polar surface area (TPSA) is 75.6 Å². The molecule has 0 spiro atoms. The maximum absolute atomic E-state index is 13.6. The quantitative estimate of drug-likeness (QED) is 0.677. The first-order valence-corrected chi connectivity index (χ1v) is 7.96. The van der Waals surface area contributed by atoms with E-state index in [2.05, 4.69) is 4.72 Å². The number of ether oxygens (including phenoxy) is 1. The van der Waals surface area contributed by atoms with E-state index in [0.29, 0.717) is 12.2 Å². The van der Waals surface area contributed by atoms with Crippen LogP contribution in [0.2, 0.25) is 0 Å². The molecule has 0 unspecified atom stereocenters. The van der Waals surface area contributed by atoms with Crippen LogP contribution in [-0.2, 0) is 21.4 Å². The summed E-state index contributed by atoms with van der Waals surface area (Å²) in [4.78, 5) is -0.428. The molecular weight excluding hydrogens is 285 g/mol. The molecule has 20 heavy (non-hydrogen) atoms. The van der Waals surface area contributed by atoms with Crippen LogP contribution in [0, 0.1) is 5.82 Å². The van der Waals surface area contributed by atoms with Crippen LogP contribution >= 0.6 is 0 Å². The SMILES string of the molecule is CCCCOCCNS(=O)(=O)c1ccc(CO)cc1F. The fourth-order valence-electron chi connectivity index (χ4n) is 1.54. The summed E-state index contributed by atoms with van der Waals surface area (Å²) in [5, 5.41) is 8.85. The first-order chi connectivity index (χ1) is 9.51. The molecule has 0 heterocycles. The highest BCUT2D eigenvalue weighted by molar-refractivity contribution is 7.89. The molecule has 5 nitrogen and oxygen atoms in total. The van der Waals surface area contributed by atoms with Gasteiger partial charge in [0.25, 0.3) is 0 Å². The van der Waals surface area contributed by atoms with Crippen molar-refractivity contribution >= 4 is 10.0 Å². The Hall–Kier alpha value is -1.02. The molecular formula is C13H20FNO4S. The van der Waals surface area contributed by atoms with E-state index in [1.165, 1.54) is 6.07 Å². The normalized spacial score (nSPS) is 11.8. The lowest BCUT2D eigenvalue weighted by Gasteiger charge is -2.09. The maximum Gasteiger partial charge on any atom is 0.243 e. The third-order valence-corrected chi connectivity index (χ3v) is 4.14. The van der Waals surface area contributed by atoms with Crippen LogP contribution in [0.25, 0.3) is 0 Å². The molecule has 2 N–H and O–H groups in total. The standard InChI is InChI=1S/C13H20FNO4S/c1-2-3-7-19-8-6-15-20(17,18)13-5-4-11(10-16)9-12(13)14/h4-5,9,15-16H,2-3,6-8,10H2,1H3. The van der Waals surface area contributed by atoms with Crippen LogP contribution in [0.5, 0.6) is 0 Å². The van der Waals surface area contributed by atoms with Crippen molar-refractivity contribution in [1.29, 1.82) is 0 Å². The first kappa shape index (κ1) is 17.0. The molecule has 0 radical (unpaired) electrons. The van der Waals surface area contributed by atoms with Gasteiger partial charge in [0.2, 0.25) is 10.0 Å². The van der Waals surface area contributed by atoms with Crippen LogP contribution in [0.1, 0.15) is 25.3 Å². The number of hydrogen-bond donors (Lipinski definition) is 2. The molecule has 0 bridgehead atoms. The molecule has 0 amide bonds. The van der Waals surface area contributed by atoms with Crippen LogP contribution in [0.15, 0.2) is 23.1 Å². The summed E-state index contributed by atoms with van der Waals surface area (Å²) in [5.74, 6) is -0.879. The van der Waals surface area contributed by atoms with E-state index >= 15 is 0 Å². The monoisotopic (exact) mass is 305 g/mol. The molecule has 7 heteroatoms. The largest absolute Gasteiger partial charge is 0.392 e. The molecule has 0 saturated heterocycles. The molecule has 114 valence electrons. The van der Waals surface area contributed by atoms with Gasteiger partial charge in [-0.2, -0.15) is 0 Å². The predicted octanol–water partition coefficient (Wildman–Crippen LogP) is 1.41. The third-order valence-electron chi connectivity index (χ3n) is 2.65. The molecule has 0 saturated carbocycles. The lowest BCUT2D eigenvalue weighted by molar-refractivity contribution is 0.136. The van der Waals surface area contributed by atoms with Gasteiger partial charge in [-0.15, -0.1) is 0 Å². The minimum atomic E-state index is -3.90. The lowest BCUT2D eigenvalue weighted by atomic mass is 10.2. The highest BCUT2D eigenvalue weighted by Gasteiger charge is 2.18. The van der Waals surface area contributed by atoms with Gasteiger partial charge in [0.1, 0.15) is 10.7 Å². The molecule has 0 aliphatic carbocycles. The number of halogens is 1. The van der Waals surface area contributed by atoms with E-state index in [9.17, 15) is 12.8 Å². The Kier molecular flexibility index (Phi) is 7.08. The predicted molar refractivity (Wildman–Crippen MR) is 73.2 cm³/mol. The average molecular weight is 305 g/mol. The van der Waals surface area contributed by atoms with Crippen molar-refractivity contribution in [2.75, 3.05) is 19.8 Å². The van der Waals surface area contributed by atoms with E-state index in [1.807, 2.05) is 6.92 Å². The molecule has 0 aliphatic rings. The maximum atomic E-state index is 13.6. The lowest BCUT2D eigenvalue weighted by Crippen LogP contribution is -2.28. The third kappa shape index (κ3) is 5.16. The fraction of sp³-hybridized carbons (Fsp3) is 0.538. The van der Waals surface area contributed by atoms with E-state index in [1.54, 1.807) is 0 Å². The number of unbranched alkanes of at least 4 members (excludes halogenated alkanes) is 1. The van der Waals surface area contributed by atoms with Gasteiger partial charge in [-0.25, -0.2) is 17.5 Å². The van der Waals surface area contributed by atoms with Crippen molar-refractivity contribution in [1.82, 2.24) is 4.72 Å². The summed E-state index contributed by atoms with van der Waals surface area (Å²) >= 11 is 0. The number of hydrogen-bond acceptors (Lipinski definition) is 4. The smallest absolute Gasteiger partial charge is 0.243 e. The van der Waals surface area contributed by atoms with Gasteiger partial charge in [0.15, 0.2) is 0 Å². The molecule has 1 aromatic carbocycles. The van der Waals surface area contributed by atoms with Gasteiger partial charge in [0.05, 0.1) is 13.2 Å². The number of aliphatic hydroxyl groups is 1. The molecule has 0 atom stereocenters. The summed E-state index contributed by atoms with van der Waals surface area (Å²) in [6.45, 7) is 2.61. The van der Waals surface area contributed by atoms with Gasteiger partial charge < -0.3 is 9.84 Å². The zero-order chi connectivity index (χ0) is 15.0. The Morgan fingerprint density at radius 1 is 1.35 bits per heavy atom. The number of benzene rings is 1. The summed E-state index contributed by atoms with van der Waals surface area (Å²) in [5.41, 5.74) is 0.323. The van der Waals surface area contributed by atoms with Gasteiger partial charge in [-0.1, -0.05) is 19.4 Å². The van der Waals surface area contributed by atoms with Gasteiger partial charge in [-0.3, -0.25) is 0 Å². The van der Waals surface area contributed by atoms with Crippen molar-refractivity contribution in [3.05, 3.63) is 29.6 Å². The zero-order valence-corrected chi connectivity index (χ0v) is 12.2. The van der Waals surface area contributed by atoms with E-state index < -0.39 is 20.7 Å². The highest BCUT2D eigenvalue weighted by Crippen LogP contribution is 2.15. The zero-order valence-electron chi connectivity index (χ0n) is 11.4. The summed E-state index contributed by atoms with van der Waals surface area (Å²) in [6, 6.07) is 3.52. The Labute approximate surface area is 118 Å². The highest BCUT2D eigenvalue weighted by atomic mass is 32.2. The van der Waals surface area contributed by atoms with Crippen molar-refractivity contribution < 1.29 is 22.7 Å². The van der Waals surface area contributed by atoms with Crippen molar-refractivity contribution in [2.45, 2.75) is 31.3 Å². The van der Waals surface area contributed by atoms with Crippen molar-refractivity contribution in [3.8, 4) is 0 Å². The van der Waals surface area contributed by atoms with Crippen LogP contribution < -0.4 is 4.72 Å². The van der Waals surface area contributed by atoms with E-state index in [4.69, 9.17) is 9.84 Å². The van der Waals surface area contributed by atoms with Gasteiger partial charge in [0, 0.05) is 13.2 Å². The second-order valence-corrected chi connectivity index (χ2v) is 6.02. The summed E-state index contributed by atoms with van der Waals surface area (Å²) in [6.07, 6.45) is 1.93. The minimum absolute atomic E-state index is 0.0905. The summed E-state index contributed by atoms with van der Waals surface area (Å²) in [7, 11) is -3.90. The van der Waals surface area contributed by atoms with Crippen LogP contribution in [0.4, 0.5) is 4.39 Å². The second-order valence-electron chi connectivity index (χ2n) is 4.29. The molecule has 0 fully saturated rings. The Morgan fingerprint density at radius 2 is 2.10 bits per heavy atom. The number of rotatable bonds is 9. The molecule has 0 aromatic heterocycles. The van der Waals surface area contributed by atoms with Gasteiger partial charge >= 0.3 is 0 Å². The van der Waals surface area contributed by atoms with Crippen LogP contribution in [0.3, 0.4) is 0 Å². The minimum Gasteiger partial charge on any atom is -0.392 e. The molecule has 0 aliphatic heterocycles. The average Bonchev–Trinajstić information content (AvgIpc) is 2.42. The first-order valence-electron chi connectivity index (χ1n) is 6.48. The second kappa shape index (κ2) is 8.31. The number of sulfonamides is 1. The Balaban J connectivity index is 2.56. The molecule has 1 rings (SSSR count). The van der Waals surface area contributed by atoms with E-state index in [-0.39, 0.29) is 19.8 Å². The summed E-state index contributed by atoms with van der Waals surface area (Å²) < 4.78 is 44.9. The van der Waals surface area contributed by atoms with E-state index in [0.717, 1.165) is 25.0 Å².